The number of hydrogen-bond donors (Lipinski definition) is 1. The van der Waals surface area contributed by atoms with E-state index in [1.165, 1.54) is 24.3 Å². The van der Waals surface area contributed by atoms with E-state index in [9.17, 15) is 13.6 Å². The Morgan fingerprint density at radius 2 is 1.93 bits per heavy atom. The van der Waals surface area contributed by atoms with Crippen molar-refractivity contribution in [2.75, 3.05) is 5.32 Å². The van der Waals surface area contributed by atoms with Gasteiger partial charge in [0.25, 0.3) is 5.91 Å². The van der Waals surface area contributed by atoms with Crippen LogP contribution in [0.1, 0.15) is 27.3 Å². The minimum absolute atomic E-state index is 0.0867. The normalized spacial score (nSPS) is 11.0. The Kier molecular flexibility index (Phi) is 6.39. The molecule has 0 aliphatic carbocycles. The Morgan fingerprint density at radius 1 is 1.17 bits per heavy atom. The van der Waals surface area contributed by atoms with Crippen molar-refractivity contribution < 1.29 is 18.3 Å². The third-order valence-electron chi connectivity index (χ3n) is 4.26. The van der Waals surface area contributed by atoms with E-state index >= 15 is 0 Å². The summed E-state index contributed by atoms with van der Waals surface area (Å²) in [4.78, 5) is 12.6. The van der Waals surface area contributed by atoms with Crippen LogP contribution in [0.4, 0.5) is 14.5 Å². The van der Waals surface area contributed by atoms with Gasteiger partial charge in [-0.05, 0) is 49.7 Å². The highest BCUT2D eigenvalue weighted by Crippen LogP contribution is 2.25. The Morgan fingerprint density at radius 3 is 2.62 bits per heavy atom. The molecular weight excluding hydrogens is 423 g/mol. The predicted molar refractivity (Wildman–Crippen MR) is 108 cm³/mol. The molecule has 3 aromatic rings. The SMILES string of the molecule is Cc1nn(Cc2ccc(Cl)c(Cl)c2)c(C)c1NC(=O)c1cccc(OC(F)F)c1. The maximum atomic E-state index is 12.6. The van der Waals surface area contributed by atoms with Crippen LogP contribution >= 0.6 is 23.2 Å². The Labute approximate surface area is 176 Å². The number of alkyl halides is 2. The van der Waals surface area contributed by atoms with Gasteiger partial charge in [0.15, 0.2) is 0 Å². The van der Waals surface area contributed by atoms with E-state index in [0.717, 1.165) is 11.3 Å². The molecule has 1 amide bonds. The number of carbonyl (C=O) groups is 1. The van der Waals surface area contributed by atoms with Crippen LogP contribution in [0, 0.1) is 13.8 Å². The number of hydrogen-bond acceptors (Lipinski definition) is 3. The van der Waals surface area contributed by atoms with Gasteiger partial charge in [-0.1, -0.05) is 35.3 Å². The molecule has 0 aliphatic heterocycles. The van der Waals surface area contributed by atoms with Gasteiger partial charge in [0, 0.05) is 5.56 Å². The molecule has 1 heterocycles. The van der Waals surface area contributed by atoms with Crippen LogP contribution in [0.5, 0.6) is 5.75 Å². The number of rotatable bonds is 6. The molecule has 2 aromatic carbocycles. The summed E-state index contributed by atoms with van der Waals surface area (Å²) in [5, 5.41) is 8.17. The van der Waals surface area contributed by atoms with Gasteiger partial charge in [-0.3, -0.25) is 9.48 Å². The highest BCUT2D eigenvalue weighted by Gasteiger charge is 2.16. The fraction of sp³-hybridized carbons (Fsp3) is 0.200. The van der Waals surface area contributed by atoms with E-state index in [1.807, 2.05) is 13.0 Å². The lowest BCUT2D eigenvalue weighted by atomic mass is 10.2. The van der Waals surface area contributed by atoms with Crippen molar-refractivity contribution in [2.24, 2.45) is 0 Å². The largest absolute Gasteiger partial charge is 0.435 e. The summed E-state index contributed by atoms with van der Waals surface area (Å²) in [5.41, 5.74) is 3.01. The molecule has 0 saturated heterocycles. The van der Waals surface area contributed by atoms with E-state index in [2.05, 4.69) is 15.2 Å². The van der Waals surface area contributed by atoms with Crippen LogP contribution in [0.15, 0.2) is 42.5 Å². The smallest absolute Gasteiger partial charge is 0.387 e. The second-order valence-electron chi connectivity index (χ2n) is 6.31. The Hall–Kier alpha value is -2.64. The number of nitrogens with one attached hydrogen (secondary N) is 1. The standard InChI is InChI=1S/C20H17Cl2F2N3O2/c1-11-18(25-19(28)14-4-3-5-15(9-14)29-20(23)24)12(2)27(26-11)10-13-6-7-16(21)17(22)8-13/h3-9,20H,10H2,1-2H3,(H,25,28). The maximum Gasteiger partial charge on any atom is 0.387 e. The molecule has 0 fully saturated rings. The van der Waals surface area contributed by atoms with Crippen molar-refractivity contribution in [3.05, 3.63) is 75.0 Å². The molecule has 3 rings (SSSR count). The average Bonchev–Trinajstić information content (AvgIpc) is 2.92. The second kappa shape index (κ2) is 8.80. The number of anilines is 1. The van der Waals surface area contributed by atoms with Gasteiger partial charge >= 0.3 is 6.61 Å². The van der Waals surface area contributed by atoms with E-state index in [1.54, 1.807) is 23.7 Å². The first kappa shape index (κ1) is 21.1. The molecule has 152 valence electrons. The lowest BCUT2D eigenvalue weighted by Gasteiger charge is -2.09. The zero-order valence-electron chi connectivity index (χ0n) is 15.5. The molecular formula is C20H17Cl2F2N3O2. The molecule has 9 heteroatoms. The predicted octanol–water partition coefficient (Wildman–Crippen LogP) is 5.71. The zero-order chi connectivity index (χ0) is 21.1. The minimum atomic E-state index is -2.96. The molecule has 0 bridgehead atoms. The molecule has 0 unspecified atom stereocenters. The van der Waals surface area contributed by atoms with Crippen LogP contribution in [-0.2, 0) is 6.54 Å². The molecule has 0 radical (unpaired) electrons. The molecule has 1 aromatic heterocycles. The quantitative estimate of drug-likeness (QED) is 0.535. The average molecular weight is 440 g/mol. The molecule has 0 atom stereocenters. The first-order valence-corrected chi connectivity index (χ1v) is 9.34. The van der Waals surface area contributed by atoms with Gasteiger partial charge in [0.05, 0.1) is 33.7 Å². The van der Waals surface area contributed by atoms with Gasteiger partial charge in [-0.25, -0.2) is 0 Å². The van der Waals surface area contributed by atoms with Crippen molar-refractivity contribution >= 4 is 34.8 Å². The summed E-state index contributed by atoms with van der Waals surface area (Å²) in [6.45, 7) is 1.07. The minimum Gasteiger partial charge on any atom is -0.435 e. The van der Waals surface area contributed by atoms with Crippen LogP contribution in [0.25, 0.3) is 0 Å². The second-order valence-corrected chi connectivity index (χ2v) is 7.13. The fourth-order valence-corrected chi connectivity index (χ4v) is 3.16. The van der Waals surface area contributed by atoms with Crippen LogP contribution in [-0.4, -0.2) is 22.3 Å². The highest BCUT2D eigenvalue weighted by molar-refractivity contribution is 6.42. The number of halogens is 4. The maximum absolute atomic E-state index is 12.6. The van der Waals surface area contributed by atoms with Crippen LogP contribution < -0.4 is 10.1 Å². The van der Waals surface area contributed by atoms with Gasteiger partial charge in [-0.15, -0.1) is 0 Å². The lowest BCUT2D eigenvalue weighted by Crippen LogP contribution is -2.14. The monoisotopic (exact) mass is 439 g/mol. The van der Waals surface area contributed by atoms with E-state index in [4.69, 9.17) is 23.2 Å². The molecule has 1 N–H and O–H groups in total. The van der Waals surface area contributed by atoms with Crippen molar-refractivity contribution in [3.63, 3.8) is 0 Å². The van der Waals surface area contributed by atoms with E-state index in [0.29, 0.717) is 28.0 Å². The van der Waals surface area contributed by atoms with Crippen molar-refractivity contribution in [3.8, 4) is 5.75 Å². The van der Waals surface area contributed by atoms with Gasteiger partial charge in [-0.2, -0.15) is 13.9 Å². The van der Waals surface area contributed by atoms with Crippen LogP contribution in [0.3, 0.4) is 0 Å². The lowest BCUT2D eigenvalue weighted by molar-refractivity contribution is -0.0498. The molecule has 0 saturated carbocycles. The Balaban J connectivity index is 1.79. The number of nitrogens with zero attached hydrogens (tertiary/aromatic N) is 2. The van der Waals surface area contributed by atoms with Gasteiger partial charge in [0.1, 0.15) is 5.75 Å². The first-order valence-electron chi connectivity index (χ1n) is 8.58. The number of carbonyl (C=O) groups excluding carboxylic acids is 1. The van der Waals surface area contributed by atoms with Gasteiger partial charge in [0.2, 0.25) is 0 Å². The highest BCUT2D eigenvalue weighted by atomic mass is 35.5. The third kappa shape index (κ3) is 5.05. The number of aromatic nitrogens is 2. The zero-order valence-corrected chi connectivity index (χ0v) is 17.1. The van der Waals surface area contributed by atoms with E-state index in [-0.39, 0.29) is 11.3 Å². The summed E-state index contributed by atoms with van der Waals surface area (Å²) >= 11 is 12.0. The molecule has 0 spiro atoms. The topological polar surface area (TPSA) is 56.2 Å². The molecule has 5 nitrogen and oxygen atoms in total. The third-order valence-corrected chi connectivity index (χ3v) is 5.00. The van der Waals surface area contributed by atoms with Crippen LogP contribution in [0.2, 0.25) is 10.0 Å². The summed E-state index contributed by atoms with van der Waals surface area (Å²) in [7, 11) is 0. The summed E-state index contributed by atoms with van der Waals surface area (Å²) in [6, 6.07) is 10.9. The first-order chi connectivity index (χ1) is 13.7. The number of benzene rings is 2. The van der Waals surface area contributed by atoms with Crippen molar-refractivity contribution in [2.45, 2.75) is 27.0 Å². The summed E-state index contributed by atoms with van der Waals surface area (Å²) in [6.07, 6.45) is 0. The van der Waals surface area contributed by atoms with Crippen molar-refractivity contribution in [1.82, 2.24) is 9.78 Å². The summed E-state index contributed by atoms with van der Waals surface area (Å²) < 4.78 is 30.8. The van der Waals surface area contributed by atoms with E-state index < -0.39 is 12.5 Å². The number of aryl methyl sites for hydroxylation is 1. The fourth-order valence-electron chi connectivity index (χ4n) is 2.84. The Bertz CT molecular complexity index is 1050. The number of amides is 1. The van der Waals surface area contributed by atoms with Gasteiger partial charge < -0.3 is 10.1 Å². The molecule has 29 heavy (non-hydrogen) atoms. The number of ether oxygens (including phenoxy) is 1. The molecule has 0 aliphatic rings. The summed E-state index contributed by atoms with van der Waals surface area (Å²) in [5.74, 6) is -0.540. The van der Waals surface area contributed by atoms with Crippen molar-refractivity contribution in [1.29, 1.82) is 0 Å².